The van der Waals surface area contributed by atoms with Gasteiger partial charge in [0.15, 0.2) is 0 Å². The van der Waals surface area contributed by atoms with E-state index in [1.807, 2.05) is 61.5 Å². The Kier molecular flexibility index (Phi) is 6.11. The molecule has 5 heteroatoms. The highest BCUT2D eigenvalue weighted by Crippen LogP contribution is 2.20. The Bertz CT molecular complexity index is 1010. The molecule has 0 aliphatic carbocycles. The number of sulfonamides is 1. The first-order valence-electron chi connectivity index (χ1n) is 8.52. The second-order valence-electron chi connectivity index (χ2n) is 6.23. The number of aryl methyl sites for hydroxylation is 1. The summed E-state index contributed by atoms with van der Waals surface area (Å²) < 4.78 is 28.4. The molecule has 0 radical (unpaired) electrons. The second-order valence-corrected chi connectivity index (χ2v) is 8.38. The Morgan fingerprint density at radius 3 is 2.15 bits per heavy atom. The van der Waals surface area contributed by atoms with Crippen molar-refractivity contribution in [3.05, 3.63) is 107 Å². The monoisotopic (exact) mass is 397 g/mol. The molecule has 0 aromatic heterocycles. The first-order chi connectivity index (χ1) is 12.9. The van der Waals surface area contributed by atoms with Gasteiger partial charge in [-0.05, 0) is 42.3 Å². The molecule has 0 aliphatic rings. The Morgan fingerprint density at radius 2 is 1.52 bits per heavy atom. The van der Waals surface area contributed by atoms with Gasteiger partial charge in [0.25, 0.3) is 0 Å². The minimum atomic E-state index is -3.66. The van der Waals surface area contributed by atoms with Crippen molar-refractivity contribution in [3.8, 4) is 0 Å². The SMILES string of the molecule is Cc1ccc(S(=O)(=O)N[C@H](/C=C/c2ccc(Cl)cc2)c2ccccc2)cc1. The molecular formula is C22H20ClNO2S. The van der Waals surface area contributed by atoms with Gasteiger partial charge < -0.3 is 0 Å². The summed E-state index contributed by atoms with van der Waals surface area (Å²) in [7, 11) is -3.66. The first-order valence-corrected chi connectivity index (χ1v) is 10.4. The zero-order valence-electron chi connectivity index (χ0n) is 14.8. The molecule has 0 saturated heterocycles. The summed E-state index contributed by atoms with van der Waals surface area (Å²) in [4.78, 5) is 0.244. The third kappa shape index (κ3) is 5.30. The molecule has 3 rings (SSSR count). The number of hydrogen-bond acceptors (Lipinski definition) is 2. The summed E-state index contributed by atoms with van der Waals surface area (Å²) in [6.45, 7) is 1.92. The molecule has 0 saturated carbocycles. The van der Waals surface area contributed by atoms with E-state index in [1.54, 1.807) is 36.4 Å². The fraction of sp³-hybridized carbons (Fsp3) is 0.0909. The third-order valence-corrected chi connectivity index (χ3v) is 5.83. The van der Waals surface area contributed by atoms with Gasteiger partial charge in [-0.3, -0.25) is 0 Å². The summed E-state index contributed by atoms with van der Waals surface area (Å²) in [6.07, 6.45) is 3.72. The van der Waals surface area contributed by atoms with Crippen molar-refractivity contribution < 1.29 is 8.42 Å². The molecular weight excluding hydrogens is 378 g/mol. The molecule has 27 heavy (non-hydrogen) atoms. The molecule has 1 N–H and O–H groups in total. The average Bonchev–Trinajstić information content (AvgIpc) is 2.67. The summed E-state index contributed by atoms with van der Waals surface area (Å²) >= 11 is 5.92. The van der Waals surface area contributed by atoms with E-state index in [9.17, 15) is 8.42 Å². The minimum absolute atomic E-state index is 0.244. The summed E-state index contributed by atoms with van der Waals surface area (Å²) in [5, 5.41) is 0.659. The maximum Gasteiger partial charge on any atom is 0.241 e. The van der Waals surface area contributed by atoms with E-state index in [0.717, 1.165) is 16.7 Å². The maximum absolute atomic E-state index is 12.8. The lowest BCUT2D eigenvalue weighted by Crippen LogP contribution is -2.27. The molecule has 0 aliphatic heterocycles. The smallest absolute Gasteiger partial charge is 0.207 e. The quantitative estimate of drug-likeness (QED) is 0.606. The van der Waals surface area contributed by atoms with Gasteiger partial charge in [-0.1, -0.05) is 83.9 Å². The molecule has 0 fully saturated rings. The van der Waals surface area contributed by atoms with Crippen LogP contribution in [0.15, 0.2) is 89.8 Å². The van der Waals surface area contributed by atoms with Crippen LogP contribution in [0.5, 0.6) is 0 Å². The minimum Gasteiger partial charge on any atom is -0.207 e. The summed E-state index contributed by atoms with van der Waals surface area (Å²) in [5.74, 6) is 0. The second kappa shape index (κ2) is 8.53. The number of hydrogen-bond donors (Lipinski definition) is 1. The molecule has 0 bridgehead atoms. The maximum atomic E-state index is 12.8. The molecule has 0 heterocycles. The summed E-state index contributed by atoms with van der Waals surface area (Å²) in [5.41, 5.74) is 2.81. The van der Waals surface area contributed by atoms with E-state index < -0.39 is 16.1 Å². The lowest BCUT2D eigenvalue weighted by atomic mass is 10.1. The third-order valence-electron chi connectivity index (χ3n) is 4.12. The van der Waals surface area contributed by atoms with Crippen LogP contribution < -0.4 is 4.72 Å². The zero-order chi connectivity index (χ0) is 19.3. The lowest BCUT2D eigenvalue weighted by Gasteiger charge is -2.16. The van der Waals surface area contributed by atoms with Crippen LogP contribution in [-0.4, -0.2) is 8.42 Å². The highest BCUT2D eigenvalue weighted by atomic mass is 35.5. The molecule has 0 unspecified atom stereocenters. The van der Waals surface area contributed by atoms with Gasteiger partial charge in [-0.25, -0.2) is 8.42 Å². The zero-order valence-corrected chi connectivity index (χ0v) is 16.4. The fourth-order valence-corrected chi connectivity index (χ4v) is 3.92. The van der Waals surface area contributed by atoms with Crippen molar-refractivity contribution in [1.29, 1.82) is 0 Å². The van der Waals surface area contributed by atoms with Crippen molar-refractivity contribution in [3.63, 3.8) is 0 Å². The molecule has 0 spiro atoms. The van der Waals surface area contributed by atoms with E-state index >= 15 is 0 Å². The van der Waals surface area contributed by atoms with Gasteiger partial charge in [-0.15, -0.1) is 0 Å². The van der Waals surface area contributed by atoms with Crippen LogP contribution in [0, 0.1) is 6.92 Å². The Hall–Kier alpha value is -2.40. The normalized spacial score (nSPS) is 13.0. The highest BCUT2D eigenvalue weighted by molar-refractivity contribution is 7.89. The van der Waals surface area contributed by atoms with Gasteiger partial charge >= 0.3 is 0 Å². The van der Waals surface area contributed by atoms with Crippen LogP contribution in [0.1, 0.15) is 22.7 Å². The van der Waals surface area contributed by atoms with Crippen molar-refractivity contribution in [2.24, 2.45) is 0 Å². The first kappa shape index (κ1) is 19.4. The Labute approximate surface area is 165 Å². The van der Waals surface area contributed by atoms with E-state index in [-0.39, 0.29) is 4.90 Å². The number of halogens is 1. The van der Waals surface area contributed by atoms with E-state index in [0.29, 0.717) is 5.02 Å². The van der Waals surface area contributed by atoms with Crippen LogP contribution in [0.3, 0.4) is 0 Å². The van der Waals surface area contributed by atoms with Gasteiger partial charge in [0.2, 0.25) is 10.0 Å². The van der Waals surface area contributed by atoms with Gasteiger partial charge in [-0.2, -0.15) is 4.72 Å². The molecule has 1 atom stereocenters. The van der Waals surface area contributed by atoms with Crippen LogP contribution in [-0.2, 0) is 10.0 Å². The van der Waals surface area contributed by atoms with Crippen LogP contribution >= 0.6 is 11.6 Å². The largest absolute Gasteiger partial charge is 0.241 e. The van der Waals surface area contributed by atoms with Gasteiger partial charge in [0, 0.05) is 5.02 Å². The summed E-state index contributed by atoms with van der Waals surface area (Å²) in [6, 6.07) is 23.2. The van der Waals surface area contributed by atoms with Crippen molar-refractivity contribution in [2.75, 3.05) is 0 Å². The van der Waals surface area contributed by atoms with Crippen molar-refractivity contribution in [2.45, 2.75) is 17.9 Å². The topological polar surface area (TPSA) is 46.2 Å². The van der Waals surface area contributed by atoms with Crippen LogP contribution in [0.25, 0.3) is 6.08 Å². The van der Waals surface area contributed by atoms with Crippen LogP contribution in [0.2, 0.25) is 5.02 Å². The fourth-order valence-electron chi connectivity index (χ4n) is 2.61. The molecule has 3 aromatic carbocycles. The number of benzene rings is 3. The van der Waals surface area contributed by atoms with E-state index in [2.05, 4.69) is 4.72 Å². The molecule has 0 amide bonds. The predicted octanol–water partition coefficient (Wildman–Crippen LogP) is 5.38. The molecule has 3 aromatic rings. The predicted molar refractivity (Wildman–Crippen MR) is 111 cm³/mol. The van der Waals surface area contributed by atoms with Crippen molar-refractivity contribution >= 4 is 27.7 Å². The highest BCUT2D eigenvalue weighted by Gasteiger charge is 2.19. The van der Waals surface area contributed by atoms with E-state index in [4.69, 9.17) is 11.6 Å². The van der Waals surface area contributed by atoms with Crippen molar-refractivity contribution in [1.82, 2.24) is 4.72 Å². The number of nitrogens with one attached hydrogen (secondary N) is 1. The lowest BCUT2D eigenvalue weighted by molar-refractivity contribution is 0.574. The number of rotatable bonds is 6. The van der Waals surface area contributed by atoms with Gasteiger partial charge in [0.05, 0.1) is 10.9 Å². The Morgan fingerprint density at radius 1 is 0.889 bits per heavy atom. The molecule has 3 nitrogen and oxygen atoms in total. The van der Waals surface area contributed by atoms with Gasteiger partial charge in [0.1, 0.15) is 0 Å². The Balaban J connectivity index is 1.90. The standard InChI is InChI=1S/C22H20ClNO2S/c1-17-7-14-21(15-8-17)27(25,26)24-22(19-5-3-2-4-6-19)16-11-18-9-12-20(23)13-10-18/h2-16,22,24H,1H3/b16-11+/t22-/m1/s1. The average molecular weight is 398 g/mol. The van der Waals surface area contributed by atoms with Crippen LogP contribution in [0.4, 0.5) is 0 Å². The van der Waals surface area contributed by atoms with E-state index in [1.165, 1.54) is 0 Å². The molecule has 138 valence electrons.